The van der Waals surface area contributed by atoms with E-state index in [1.807, 2.05) is 53.2 Å². The van der Waals surface area contributed by atoms with E-state index >= 15 is 0 Å². The fourth-order valence-electron chi connectivity index (χ4n) is 2.97. The van der Waals surface area contributed by atoms with Crippen LogP contribution in [0, 0.1) is 0 Å². The molecule has 0 radical (unpaired) electrons. The second-order valence-corrected chi connectivity index (χ2v) is 6.02. The van der Waals surface area contributed by atoms with Crippen LogP contribution in [-0.2, 0) is 6.54 Å². The summed E-state index contributed by atoms with van der Waals surface area (Å²) < 4.78 is 12.3. The molecule has 4 aromatic rings. The van der Waals surface area contributed by atoms with Crippen molar-refractivity contribution in [1.29, 1.82) is 0 Å². The number of hydrogen-bond acceptors (Lipinski definition) is 6. The highest BCUT2D eigenvalue weighted by atomic mass is 16.5. The van der Waals surface area contributed by atoms with Gasteiger partial charge < -0.3 is 15.2 Å². The maximum absolute atomic E-state index is 5.95. The Morgan fingerprint density at radius 1 is 1.00 bits per heavy atom. The highest BCUT2D eigenvalue weighted by Crippen LogP contribution is 2.28. The zero-order valence-corrected chi connectivity index (χ0v) is 15.1. The molecule has 136 valence electrons. The van der Waals surface area contributed by atoms with Gasteiger partial charge in [0.1, 0.15) is 11.4 Å². The molecule has 7 nitrogen and oxygen atoms in total. The number of para-hydroxylation sites is 1. The maximum atomic E-state index is 5.95. The summed E-state index contributed by atoms with van der Waals surface area (Å²) in [6, 6.07) is 15.9. The van der Waals surface area contributed by atoms with Gasteiger partial charge in [0.05, 0.1) is 32.5 Å². The van der Waals surface area contributed by atoms with E-state index in [0.717, 1.165) is 22.2 Å². The van der Waals surface area contributed by atoms with Gasteiger partial charge in [0.2, 0.25) is 0 Å². The third kappa shape index (κ3) is 3.15. The monoisotopic (exact) mass is 361 g/mol. The van der Waals surface area contributed by atoms with Crippen LogP contribution in [0.5, 0.6) is 11.5 Å². The molecule has 2 aromatic heterocycles. The van der Waals surface area contributed by atoms with Crippen molar-refractivity contribution in [2.24, 2.45) is 0 Å². The van der Waals surface area contributed by atoms with Gasteiger partial charge in [0.15, 0.2) is 17.4 Å². The molecule has 0 unspecified atom stereocenters. The van der Waals surface area contributed by atoms with E-state index in [0.29, 0.717) is 23.8 Å². The van der Waals surface area contributed by atoms with Crippen LogP contribution in [-0.4, -0.2) is 34.0 Å². The SMILES string of the molecule is COc1ccc(Cn2nc(-c3ncc(OC)c(N)n3)c3ccccc32)cc1. The molecule has 7 heteroatoms. The predicted molar refractivity (Wildman–Crippen MR) is 104 cm³/mol. The van der Waals surface area contributed by atoms with E-state index in [1.165, 1.54) is 7.11 Å². The quantitative estimate of drug-likeness (QED) is 0.587. The van der Waals surface area contributed by atoms with Crippen molar-refractivity contribution in [2.45, 2.75) is 6.54 Å². The molecule has 0 saturated heterocycles. The second kappa shape index (κ2) is 6.95. The first kappa shape index (κ1) is 16.8. The van der Waals surface area contributed by atoms with Crippen LogP contribution in [0.25, 0.3) is 22.4 Å². The number of ether oxygens (including phenoxy) is 2. The Hall–Kier alpha value is -3.61. The molecule has 2 N–H and O–H groups in total. The number of aromatic nitrogens is 4. The van der Waals surface area contributed by atoms with Gasteiger partial charge >= 0.3 is 0 Å². The molecule has 0 aliphatic heterocycles. The number of nitrogens with zero attached hydrogens (tertiary/aromatic N) is 4. The zero-order chi connectivity index (χ0) is 18.8. The summed E-state index contributed by atoms with van der Waals surface area (Å²) in [5, 5.41) is 5.73. The first-order valence-electron chi connectivity index (χ1n) is 8.45. The molecule has 2 aromatic carbocycles. The summed E-state index contributed by atoms with van der Waals surface area (Å²) in [4.78, 5) is 8.72. The van der Waals surface area contributed by atoms with Crippen molar-refractivity contribution in [3.8, 4) is 23.0 Å². The van der Waals surface area contributed by atoms with Crippen molar-refractivity contribution in [3.63, 3.8) is 0 Å². The van der Waals surface area contributed by atoms with Crippen LogP contribution >= 0.6 is 0 Å². The van der Waals surface area contributed by atoms with Gasteiger partial charge in [-0.05, 0) is 23.8 Å². The van der Waals surface area contributed by atoms with E-state index in [9.17, 15) is 0 Å². The molecule has 0 spiro atoms. The average Bonchev–Trinajstić information content (AvgIpc) is 3.07. The summed E-state index contributed by atoms with van der Waals surface area (Å²) >= 11 is 0. The molecule has 0 aliphatic carbocycles. The van der Waals surface area contributed by atoms with Crippen LogP contribution in [0.15, 0.2) is 54.7 Å². The van der Waals surface area contributed by atoms with Crippen molar-refractivity contribution in [1.82, 2.24) is 19.7 Å². The molecular formula is C20H19N5O2. The fraction of sp³-hybridized carbons (Fsp3) is 0.150. The number of hydrogen-bond donors (Lipinski definition) is 1. The molecule has 0 bridgehead atoms. The van der Waals surface area contributed by atoms with Crippen molar-refractivity contribution in [2.75, 3.05) is 20.0 Å². The van der Waals surface area contributed by atoms with Gasteiger partial charge in [-0.3, -0.25) is 4.68 Å². The summed E-state index contributed by atoms with van der Waals surface area (Å²) in [5.41, 5.74) is 8.75. The third-order valence-corrected chi connectivity index (χ3v) is 4.36. The van der Waals surface area contributed by atoms with E-state index in [1.54, 1.807) is 13.3 Å². The zero-order valence-electron chi connectivity index (χ0n) is 15.1. The highest BCUT2D eigenvalue weighted by Gasteiger charge is 2.16. The van der Waals surface area contributed by atoms with Gasteiger partial charge in [0, 0.05) is 5.39 Å². The van der Waals surface area contributed by atoms with Crippen LogP contribution < -0.4 is 15.2 Å². The van der Waals surface area contributed by atoms with Crippen molar-refractivity contribution >= 4 is 16.7 Å². The average molecular weight is 361 g/mol. The Balaban J connectivity index is 1.77. The lowest BCUT2D eigenvalue weighted by atomic mass is 10.2. The van der Waals surface area contributed by atoms with Gasteiger partial charge in [-0.1, -0.05) is 30.3 Å². The van der Waals surface area contributed by atoms with Crippen LogP contribution in [0.4, 0.5) is 5.82 Å². The van der Waals surface area contributed by atoms with E-state index < -0.39 is 0 Å². The molecule has 0 amide bonds. The van der Waals surface area contributed by atoms with E-state index in [2.05, 4.69) is 9.97 Å². The van der Waals surface area contributed by atoms with E-state index in [4.69, 9.17) is 20.3 Å². The summed E-state index contributed by atoms with van der Waals surface area (Å²) in [6.45, 7) is 0.621. The summed E-state index contributed by atoms with van der Waals surface area (Å²) in [5.74, 6) is 2.03. The summed E-state index contributed by atoms with van der Waals surface area (Å²) in [7, 11) is 3.19. The van der Waals surface area contributed by atoms with Crippen molar-refractivity contribution < 1.29 is 9.47 Å². The normalized spacial score (nSPS) is 10.9. The lowest BCUT2D eigenvalue weighted by Gasteiger charge is -2.05. The predicted octanol–water partition coefficient (Wildman–Crippen LogP) is 3.14. The first-order valence-corrected chi connectivity index (χ1v) is 8.45. The Labute approximate surface area is 156 Å². The Morgan fingerprint density at radius 2 is 1.78 bits per heavy atom. The van der Waals surface area contributed by atoms with Crippen LogP contribution in [0.1, 0.15) is 5.56 Å². The maximum Gasteiger partial charge on any atom is 0.182 e. The molecule has 0 aliphatic rings. The number of methoxy groups -OCH3 is 2. The Morgan fingerprint density at radius 3 is 2.48 bits per heavy atom. The Bertz CT molecular complexity index is 1090. The lowest BCUT2D eigenvalue weighted by Crippen LogP contribution is -2.03. The van der Waals surface area contributed by atoms with Gasteiger partial charge in [0.25, 0.3) is 0 Å². The number of anilines is 1. The Kier molecular flexibility index (Phi) is 4.33. The topological polar surface area (TPSA) is 88.1 Å². The molecule has 0 atom stereocenters. The molecule has 27 heavy (non-hydrogen) atoms. The number of nitrogens with two attached hydrogens (primary N) is 1. The molecule has 0 saturated carbocycles. The first-order chi connectivity index (χ1) is 13.2. The number of rotatable bonds is 5. The number of benzene rings is 2. The van der Waals surface area contributed by atoms with Crippen LogP contribution in [0.3, 0.4) is 0 Å². The minimum Gasteiger partial charge on any atom is -0.497 e. The fourth-order valence-corrected chi connectivity index (χ4v) is 2.97. The lowest BCUT2D eigenvalue weighted by molar-refractivity contribution is 0.413. The van der Waals surface area contributed by atoms with Gasteiger partial charge in [-0.2, -0.15) is 5.10 Å². The van der Waals surface area contributed by atoms with Crippen molar-refractivity contribution in [3.05, 3.63) is 60.3 Å². The summed E-state index contributed by atoms with van der Waals surface area (Å²) in [6.07, 6.45) is 1.56. The molecule has 4 rings (SSSR count). The van der Waals surface area contributed by atoms with Gasteiger partial charge in [-0.25, -0.2) is 9.97 Å². The van der Waals surface area contributed by atoms with Crippen LogP contribution in [0.2, 0.25) is 0 Å². The van der Waals surface area contributed by atoms with E-state index in [-0.39, 0.29) is 5.82 Å². The molecule has 2 heterocycles. The largest absolute Gasteiger partial charge is 0.497 e. The van der Waals surface area contributed by atoms with Gasteiger partial charge in [-0.15, -0.1) is 0 Å². The smallest absolute Gasteiger partial charge is 0.182 e. The number of fused-ring (bicyclic) bond motifs is 1. The highest BCUT2D eigenvalue weighted by molar-refractivity contribution is 5.91. The minimum atomic E-state index is 0.288. The number of nitrogen functional groups attached to an aromatic ring is 1. The third-order valence-electron chi connectivity index (χ3n) is 4.36. The second-order valence-electron chi connectivity index (χ2n) is 6.02. The minimum absolute atomic E-state index is 0.288. The standard InChI is InChI=1S/C20H19N5O2/c1-26-14-9-7-13(8-10-14)12-25-16-6-4-3-5-15(16)18(24-25)20-22-11-17(27-2)19(21)23-20/h3-11H,12H2,1-2H3,(H2,21,22,23). The molecule has 0 fully saturated rings. The molecular weight excluding hydrogens is 342 g/mol.